The molecule has 1 heterocycles. The van der Waals surface area contributed by atoms with Crippen molar-refractivity contribution in [1.29, 1.82) is 0 Å². The van der Waals surface area contributed by atoms with Gasteiger partial charge in [-0.2, -0.15) is 5.06 Å². The lowest BCUT2D eigenvalue weighted by Crippen LogP contribution is -2.56. The zero-order chi connectivity index (χ0) is 26.9. The van der Waals surface area contributed by atoms with E-state index in [9.17, 15) is 25.1 Å². The van der Waals surface area contributed by atoms with Gasteiger partial charge >= 0.3 is 7.12 Å². The van der Waals surface area contributed by atoms with Gasteiger partial charge in [-0.15, -0.1) is 0 Å². The number of aliphatic hydroxyl groups excluding tert-OH is 2. The second kappa shape index (κ2) is 11.4. The summed E-state index contributed by atoms with van der Waals surface area (Å²) in [6, 6.07) is 4.08. The summed E-state index contributed by atoms with van der Waals surface area (Å²) in [7, 11) is -0.293. The Morgan fingerprint density at radius 3 is 2.53 bits per heavy atom. The van der Waals surface area contributed by atoms with E-state index in [4.69, 9.17) is 9.57 Å². The average Bonchev–Trinajstić information content (AvgIpc) is 3.20. The van der Waals surface area contributed by atoms with Crippen LogP contribution in [0, 0.1) is 29.1 Å². The minimum absolute atomic E-state index is 0.0254. The van der Waals surface area contributed by atoms with E-state index in [2.05, 4.69) is 39.9 Å². The van der Waals surface area contributed by atoms with Gasteiger partial charge in [0.15, 0.2) is 0 Å². The summed E-state index contributed by atoms with van der Waals surface area (Å²) in [4.78, 5) is 19.8. The molecule has 1 aliphatic carbocycles. The number of hydrogen-bond acceptors (Lipinski definition) is 8. The Labute approximate surface area is 214 Å². The number of rotatable bonds is 8. The predicted octanol–water partition coefficient (Wildman–Crippen LogP) is 0.672. The zero-order valence-corrected chi connectivity index (χ0v) is 22.5. The van der Waals surface area contributed by atoms with E-state index in [1.807, 2.05) is 0 Å². The molecule has 0 bridgehead atoms. The summed E-state index contributed by atoms with van der Waals surface area (Å²) in [5.74, 6) is 0.444. The fourth-order valence-electron chi connectivity index (χ4n) is 6.06. The third-order valence-electron chi connectivity index (χ3n) is 9.12. The topological polar surface area (TPSA) is 132 Å². The normalized spacial score (nSPS) is 33.2. The van der Waals surface area contributed by atoms with Gasteiger partial charge in [0, 0.05) is 23.0 Å². The molecule has 0 aromatic heterocycles. The quantitative estimate of drug-likeness (QED) is 0.325. The Morgan fingerprint density at radius 2 is 1.97 bits per heavy atom. The summed E-state index contributed by atoms with van der Waals surface area (Å²) in [6.07, 6.45) is -0.819. The number of nitrogens with zero attached hydrogens (tertiary/aromatic N) is 1. The number of para-hydroxylation sites is 1. The Kier molecular flexibility index (Phi) is 9.12. The van der Waals surface area contributed by atoms with E-state index in [1.54, 1.807) is 25.1 Å². The molecule has 202 valence electrons. The molecule has 10 heteroatoms. The Bertz CT molecular complexity index is 912. The van der Waals surface area contributed by atoms with Crippen molar-refractivity contribution in [2.24, 2.45) is 29.1 Å². The van der Waals surface area contributed by atoms with Gasteiger partial charge < -0.3 is 30.3 Å². The lowest BCUT2D eigenvalue weighted by Gasteiger charge is -2.50. The molecule has 0 unspecified atom stereocenters. The van der Waals surface area contributed by atoms with Crippen LogP contribution in [0.4, 0.5) is 0 Å². The number of hydrogen-bond donors (Lipinski definition) is 5. The van der Waals surface area contributed by atoms with Gasteiger partial charge in [-0.25, -0.2) is 0 Å². The van der Waals surface area contributed by atoms with E-state index >= 15 is 0 Å². The van der Waals surface area contributed by atoms with Crippen molar-refractivity contribution in [1.82, 2.24) is 10.4 Å². The monoisotopic (exact) mass is 506 g/mol. The van der Waals surface area contributed by atoms with E-state index in [0.717, 1.165) is 6.42 Å². The van der Waals surface area contributed by atoms with Gasteiger partial charge in [0.1, 0.15) is 17.9 Å². The fourth-order valence-corrected chi connectivity index (χ4v) is 6.06. The number of methoxy groups -OCH3 is 1. The number of aliphatic hydroxyl groups is 2. The molecule has 1 saturated heterocycles. The van der Waals surface area contributed by atoms with Crippen LogP contribution in [0.2, 0.25) is 0 Å². The van der Waals surface area contributed by atoms with Crippen LogP contribution < -0.4 is 15.5 Å². The number of carbonyl (C=O) groups is 1. The molecule has 1 aromatic rings. The van der Waals surface area contributed by atoms with Crippen LogP contribution in [0.15, 0.2) is 18.2 Å². The van der Waals surface area contributed by atoms with Crippen molar-refractivity contribution in [2.45, 2.75) is 78.8 Å². The molecule has 5 N–H and O–H groups in total. The lowest BCUT2D eigenvalue weighted by atomic mass is 9.58. The molecule has 0 radical (unpaired) electrons. The first-order valence-corrected chi connectivity index (χ1v) is 12.9. The van der Waals surface area contributed by atoms with Crippen LogP contribution in [0.5, 0.6) is 5.75 Å². The Balaban J connectivity index is 1.91. The number of carbonyl (C=O) groups excluding carboxylic acids is 1. The molecule has 36 heavy (non-hydrogen) atoms. The maximum Gasteiger partial charge on any atom is 0.492 e. The van der Waals surface area contributed by atoms with Crippen LogP contribution in [-0.2, 0) is 16.2 Å². The highest BCUT2D eigenvalue weighted by atomic mass is 16.7. The van der Waals surface area contributed by atoms with Crippen molar-refractivity contribution in [2.75, 3.05) is 13.7 Å². The Hall–Kier alpha value is -1.69. The van der Waals surface area contributed by atoms with E-state index < -0.39 is 31.3 Å². The summed E-state index contributed by atoms with van der Waals surface area (Å²) in [5.41, 5.74) is 0.938. The van der Waals surface area contributed by atoms with Gasteiger partial charge in [0.25, 0.3) is 0 Å². The van der Waals surface area contributed by atoms with E-state index in [-0.39, 0.29) is 47.6 Å². The standard InChI is InChI=1S/C26H43BN2O7/c1-14-11-20(15(2)16(3)26(14,5)6)28-25(32)23-22(17(4)31)21(13-30)36-29(23)12-18-9-8-10-19(27(33)34)24(18)35-7/h8-10,14-17,20-23,30-31,33-34H,11-13H2,1-7H3,(H,28,32)/t14-,15+,16+,17+,20+,21+,22-,23+/m1/s1. The molecule has 1 saturated carbocycles. The first kappa shape index (κ1) is 28.9. The molecule has 0 spiro atoms. The maximum atomic E-state index is 13.8. The largest absolute Gasteiger partial charge is 0.497 e. The molecule has 2 aliphatic rings. The van der Waals surface area contributed by atoms with Crippen molar-refractivity contribution >= 4 is 18.5 Å². The van der Waals surface area contributed by atoms with Gasteiger partial charge in [0.05, 0.1) is 26.4 Å². The van der Waals surface area contributed by atoms with Crippen LogP contribution in [0.25, 0.3) is 0 Å². The summed E-state index contributed by atoms with van der Waals surface area (Å²) < 4.78 is 5.45. The van der Waals surface area contributed by atoms with Crippen LogP contribution in [0.3, 0.4) is 0 Å². The minimum Gasteiger partial charge on any atom is -0.497 e. The molecule has 9 nitrogen and oxygen atoms in total. The van der Waals surface area contributed by atoms with Crippen molar-refractivity contribution in [3.8, 4) is 5.75 Å². The van der Waals surface area contributed by atoms with E-state index in [1.165, 1.54) is 12.2 Å². The third-order valence-corrected chi connectivity index (χ3v) is 9.12. The van der Waals surface area contributed by atoms with E-state index in [0.29, 0.717) is 17.4 Å². The number of nitrogens with one attached hydrogen (secondary N) is 1. The Morgan fingerprint density at radius 1 is 1.31 bits per heavy atom. The van der Waals surface area contributed by atoms with Crippen molar-refractivity contribution in [3.05, 3.63) is 23.8 Å². The van der Waals surface area contributed by atoms with Gasteiger partial charge in [-0.3, -0.25) is 9.63 Å². The highest BCUT2D eigenvalue weighted by Crippen LogP contribution is 2.47. The minimum atomic E-state index is -1.73. The van der Waals surface area contributed by atoms with Crippen LogP contribution >= 0.6 is 0 Å². The average molecular weight is 506 g/mol. The second-order valence-corrected chi connectivity index (χ2v) is 11.3. The van der Waals surface area contributed by atoms with Gasteiger partial charge in [-0.05, 0) is 36.5 Å². The lowest BCUT2D eigenvalue weighted by molar-refractivity contribution is -0.182. The number of benzene rings is 1. The van der Waals surface area contributed by atoms with Crippen molar-refractivity contribution in [3.63, 3.8) is 0 Å². The summed E-state index contributed by atoms with van der Waals surface area (Å²) >= 11 is 0. The van der Waals surface area contributed by atoms with Gasteiger partial charge in [0.2, 0.25) is 5.91 Å². The molecule has 1 amide bonds. The maximum absolute atomic E-state index is 13.8. The smallest absolute Gasteiger partial charge is 0.492 e. The molecule has 8 atom stereocenters. The molecule has 1 aliphatic heterocycles. The first-order valence-electron chi connectivity index (χ1n) is 12.9. The molecule has 1 aromatic carbocycles. The summed E-state index contributed by atoms with van der Waals surface area (Å²) in [5, 5.41) is 44.8. The number of amides is 1. The zero-order valence-electron chi connectivity index (χ0n) is 22.5. The second-order valence-electron chi connectivity index (χ2n) is 11.3. The SMILES string of the molecule is COc1c(CN2O[C@@H](CO)[C@@H]([C@H](C)O)[C@H]2C(=O)N[C@H]2C[C@@H](C)C(C)(C)[C@@H](C)[C@@H]2C)cccc1B(O)O. The molecule has 2 fully saturated rings. The summed E-state index contributed by atoms with van der Waals surface area (Å²) in [6.45, 7) is 12.5. The molecule has 3 rings (SSSR count). The number of ether oxygens (including phenoxy) is 1. The highest BCUT2D eigenvalue weighted by molar-refractivity contribution is 6.59. The van der Waals surface area contributed by atoms with Crippen LogP contribution in [-0.4, -0.2) is 76.4 Å². The third kappa shape index (κ3) is 5.44. The number of hydroxylamine groups is 2. The molecular formula is C26H43BN2O7. The van der Waals surface area contributed by atoms with Gasteiger partial charge in [-0.1, -0.05) is 52.8 Å². The van der Waals surface area contributed by atoms with Crippen LogP contribution in [0.1, 0.15) is 53.5 Å². The molecular weight excluding hydrogens is 463 g/mol. The highest BCUT2D eigenvalue weighted by Gasteiger charge is 2.51. The van der Waals surface area contributed by atoms with Crippen molar-refractivity contribution < 1.29 is 34.6 Å². The first-order chi connectivity index (χ1) is 16.8. The fraction of sp³-hybridized carbons (Fsp3) is 0.731. The predicted molar refractivity (Wildman–Crippen MR) is 137 cm³/mol.